The van der Waals surface area contributed by atoms with Crippen molar-refractivity contribution in [1.82, 2.24) is 15.1 Å². The zero-order chi connectivity index (χ0) is 13.5. The first-order valence-corrected chi connectivity index (χ1v) is 5.49. The van der Waals surface area contributed by atoms with E-state index >= 15 is 0 Å². The Labute approximate surface area is 105 Å². The van der Waals surface area contributed by atoms with Crippen LogP contribution < -0.4 is 5.32 Å². The molecule has 0 saturated heterocycles. The molecule has 0 radical (unpaired) electrons. The van der Waals surface area contributed by atoms with Crippen LogP contribution in [0.3, 0.4) is 0 Å². The minimum Gasteiger partial charge on any atom is -0.465 e. The number of hydrogen-bond acceptors (Lipinski definition) is 6. The summed E-state index contributed by atoms with van der Waals surface area (Å²) in [6, 6.07) is 3.13. The summed E-state index contributed by atoms with van der Waals surface area (Å²) < 4.78 is 4.75. The van der Waals surface area contributed by atoms with Crippen LogP contribution in [-0.2, 0) is 9.53 Å². The molecule has 0 aliphatic carbocycles. The fourth-order valence-electron chi connectivity index (χ4n) is 1.14. The van der Waals surface area contributed by atoms with E-state index in [1.807, 2.05) is 0 Å². The molecule has 1 heterocycles. The Morgan fingerprint density at radius 1 is 1.33 bits per heavy atom. The van der Waals surface area contributed by atoms with E-state index in [0.29, 0.717) is 12.4 Å². The van der Waals surface area contributed by atoms with Gasteiger partial charge >= 0.3 is 5.97 Å². The van der Waals surface area contributed by atoms with Crippen molar-refractivity contribution in [2.75, 3.05) is 32.6 Å². The largest absolute Gasteiger partial charge is 0.465 e. The summed E-state index contributed by atoms with van der Waals surface area (Å²) in [5.74, 6) is -0.175. The monoisotopic (exact) mass is 252 g/mol. The summed E-state index contributed by atoms with van der Waals surface area (Å²) in [6.45, 7) is 2.09. The van der Waals surface area contributed by atoms with Crippen LogP contribution in [0.2, 0.25) is 0 Å². The molecule has 7 heteroatoms. The van der Waals surface area contributed by atoms with Crippen molar-refractivity contribution < 1.29 is 14.3 Å². The van der Waals surface area contributed by atoms with Crippen LogP contribution in [0.5, 0.6) is 0 Å². The molecule has 0 unspecified atom stereocenters. The number of nitrogens with zero attached hydrogens (tertiary/aromatic N) is 3. The maximum atomic E-state index is 11.5. The molecule has 0 aromatic carbocycles. The van der Waals surface area contributed by atoms with Crippen molar-refractivity contribution in [3.63, 3.8) is 0 Å². The Morgan fingerprint density at radius 2 is 2.06 bits per heavy atom. The van der Waals surface area contributed by atoms with Crippen LogP contribution in [-0.4, -0.2) is 54.2 Å². The number of esters is 1. The van der Waals surface area contributed by atoms with Crippen LogP contribution >= 0.6 is 0 Å². The summed E-state index contributed by atoms with van der Waals surface area (Å²) in [5, 5.41) is 10.3. The molecule has 1 amide bonds. The fraction of sp³-hybridized carbons (Fsp3) is 0.455. The Balaban J connectivity index is 2.55. The van der Waals surface area contributed by atoms with E-state index in [9.17, 15) is 9.59 Å². The van der Waals surface area contributed by atoms with Crippen LogP contribution in [0.4, 0.5) is 5.82 Å². The van der Waals surface area contributed by atoms with Crippen LogP contribution in [0.1, 0.15) is 17.4 Å². The van der Waals surface area contributed by atoms with Gasteiger partial charge in [0.25, 0.3) is 5.91 Å². The summed E-state index contributed by atoms with van der Waals surface area (Å²) >= 11 is 0. The van der Waals surface area contributed by atoms with Gasteiger partial charge in [0.05, 0.1) is 6.61 Å². The number of amides is 1. The first kappa shape index (κ1) is 13.9. The van der Waals surface area contributed by atoms with Crippen LogP contribution in [0, 0.1) is 0 Å². The second-order valence-corrected chi connectivity index (χ2v) is 3.66. The first-order valence-electron chi connectivity index (χ1n) is 5.49. The highest BCUT2D eigenvalue weighted by molar-refractivity contribution is 5.91. The van der Waals surface area contributed by atoms with E-state index < -0.39 is 0 Å². The van der Waals surface area contributed by atoms with Gasteiger partial charge in [0.1, 0.15) is 12.4 Å². The molecule has 1 aromatic rings. The molecule has 0 bridgehead atoms. The van der Waals surface area contributed by atoms with Crippen molar-refractivity contribution in [3.8, 4) is 0 Å². The van der Waals surface area contributed by atoms with Crippen molar-refractivity contribution in [3.05, 3.63) is 17.8 Å². The highest BCUT2D eigenvalue weighted by Crippen LogP contribution is 2.03. The number of rotatable bonds is 5. The quantitative estimate of drug-likeness (QED) is 0.751. The summed E-state index contributed by atoms with van der Waals surface area (Å²) in [6.07, 6.45) is 0. The molecule has 0 aliphatic rings. The number of carbonyl (C=O) groups excluding carboxylic acids is 2. The normalized spacial score (nSPS) is 9.72. The van der Waals surface area contributed by atoms with E-state index in [4.69, 9.17) is 4.74 Å². The third-order valence-corrected chi connectivity index (χ3v) is 2.01. The molecule has 0 spiro atoms. The topological polar surface area (TPSA) is 84.4 Å². The van der Waals surface area contributed by atoms with Gasteiger partial charge in [0.2, 0.25) is 0 Å². The van der Waals surface area contributed by atoms with Gasteiger partial charge in [-0.2, -0.15) is 0 Å². The average Bonchev–Trinajstić information content (AvgIpc) is 2.36. The molecule has 0 saturated carbocycles. The van der Waals surface area contributed by atoms with Crippen LogP contribution in [0.25, 0.3) is 0 Å². The third-order valence-electron chi connectivity index (χ3n) is 2.01. The molecule has 1 rings (SSSR count). The van der Waals surface area contributed by atoms with Gasteiger partial charge in [-0.25, -0.2) is 0 Å². The number of carbonyl (C=O) groups is 2. The molecule has 1 aromatic heterocycles. The molecule has 98 valence electrons. The molecule has 0 atom stereocenters. The lowest BCUT2D eigenvalue weighted by Crippen LogP contribution is -2.23. The van der Waals surface area contributed by atoms with Gasteiger partial charge in [-0.05, 0) is 19.1 Å². The summed E-state index contributed by atoms with van der Waals surface area (Å²) in [4.78, 5) is 24.0. The van der Waals surface area contributed by atoms with Crippen molar-refractivity contribution >= 4 is 17.7 Å². The minimum atomic E-state index is -0.368. The maximum Gasteiger partial charge on any atom is 0.325 e. The number of nitrogens with one attached hydrogen (secondary N) is 1. The smallest absolute Gasteiger partial charge is 0.325 e. The number of aromatic nitrogens is 2. The maximum absolute atomic E-state index is 11.5. The molecular weight excluding hydrogens is 236 g/mol. The van der Waals surface area contributed by atoms with E-state index in [1.54, 1.807) is 33.2 Å². The van der Waals surface area contributed by atoms with E-state index in [-0.39, 0.29) is 24.1 Å². The Bertz CT molecular complexity index is 417. The second kappa shape index (κ2) is 6.53. The van der Waals surface area contributed by atoms with Gasteiger partial charge < -0.3 is 15.0 Å². The lowest BCUT2D eigenvalue weighted by Gasteiger charge is -2.09. The standard InChI is InChI=1S/C11H16N4O3/c1-4-18-10(16)7-12-9-6-5-8(13-14-9)11(17)15(2)3/h5-6H,4,7H2,1-3H3,(H,12,14). The molecular formula is C11H16N4O3. The second-order valence-electron chi connectivity index (χ2n) is 3.66. The predicted molar refractivity (Wildman–Crippen MR) is 65.2 cm³/mol. The molecule has 1 N–H and O–H groups in total. The molecule has 7 nitrogen and oxygen atoms in total. The predicted octanol–water partition coefficient (Wildman–Crippen LogP) is 0.153. The Morgan fingerprint density at radius 3 is 2.56 bits per heavy atom. The fourth-order valence-corrected chi connectivity index (χ4v) is 1.14. The van der Waals surface area contributed by atoms with Crippen molar-refractivity contribution in [2.45, 2.75) is 6.92 Å². The number of ether oxygens (including phenoxy) is 1. The highest BCUT2D eigenvalue weighted by Gasteiger charge is 2.10. The average molecular weight is 252 g/mol. The summed E-state index contributed by atoms with van der Waals surface area (Å²) in [5.41, 5.74) is 0.252. The van der Waals surface area contributed by atoms with Gasteiger partial charge in [0.15, 0.2) is 5.69 Å². The molecule has 0 fully saturated rings. The van der Waals surface area contributed by atoms with E-state index in [2.05, 4.69) is 15.5 Å². The van der Waals surface area contributed by atoms with Gasteiger partial charge in [-0.3, -0.25) is 9.59 Å². The SMILES string of the molecule is CCOC(=O)CNc1ccc(C(=O)N(C)C)nn1. The highest BCUT2D eigenvalue weighted by atomic mass is 16.5. The van der Waals surface area contributed by atoms with Gasteiger partial charge in [0, 0.05) is 14.1 Å². The Kier molecular flexibility index (Phi) is 5.04. The van der Waals surface area contributed by atoms with Crippen molar-refractivity contribution in [2.24, 2.45) is 0 Å². The van der Waals surface area contributed by atoms with Crippen molar-refractivity contribution in [1.29, 1.82) is 0 Å². The zero-order valence-corrected chi connectivity index (χ0v) is 10.6. The molecule has 18 heavy (non-hydrogen) atoms. The Hall–Kier alpha value is -2.18. The lowest BCUT2D eigenvalue weighted by atomic mass is 10.3. The van der Waals surface area contributed by atoms with E-state index in [0.717, 1.165) is 0 Å². The zero-order valence-electron chi connectivity index (χ0n) is 10.6. The molecule has 0 aliphatic heterocycles. The van der Waals surface area contributed by atoms with Gasteiger partial charge in [-0.15, -0.1) is 10.2 Å². The lowest BCUT2D eigenvalue weighted by molar-refractivity contribution is -0.140. The van der Waals surface area contributed by atoms with Gasteiger partial charge in [-0.1, -0.05) is 0 Å². The summed E-state index contributed by atoms with van der Waals surface area (Å²) in [7, 11) is 3.27. The third kappa shape index (κ3) is 4.00. The first-order chi connectivity index (χ1) is 8.54. The van der Waals surface area contributed by atoms with E-state index in [1.165, 1.54) is 4.90 Å². The number of anilines is 1. The number of hydrogen-bond donors (Lipinski definition) is 1. The van der Waals surface area contributed by atoms with Crippen LogP contribution in [0.15, 0.2) is 12.1 Å². The minimum absolute atomic E-state index is 0.0174.